The lowest BCUT2D eigenvalue weighted by Gasteiger charge is -2.38. The van der Waals surface area contributed by atoms with E-state index in [0.29, 0.717) is 11.7 Å². The number of hydrogen-bond acceptors (Lipinski definition) is 4. The molecule has 1 N–H and O–H groups in total. The monoisotopic (exact) mass is 373 g/mol. The molecule has 140 valence electrons. The Kier molecular flexibility index (Phi) is 5.53. The Balaban J connectivity index is 1.65. The van der Waals surface area contributed by atoms with Gasteiger partial charge >= 0.3 is 0 Å². The van der Waals surface area contributed by atoms with Crippen LogP contribution < -0.4 is 9.62 Å². The van der Waals surface area contributed by atoms with Crippen molar-refractivity contribution in [2.45, 2.75) is 31.7 Å². The molecule has 6 heteroatoms. The number of aryl methyl sites for hydroxylation is 1. The predicted molar refractivity (Wildman–Crippen MR) is 107 cm³/mol. The summed E-state index contributed by atoms with van der Waals surface area (Å²) >= 11 is 0. The fourth-order valence-corrected chi connectivity index (χ4v) is 4.23. The number of hydrogen-bond donors (Lipinski definition) is 1. The van der Waals surface area contributed by atoms with Gasteiger partial charge in [-0.15, -0.1) is 0 Å². The van der Waals surface area contributed by atoms with Crippen molar-refractivity contribution in [1.29, 1.82) is 0 Å². The molecule has 0 radical (unpaired) electrons. The first-order chi connectivity index (χ1) is 12.3. The summed E-state index contributed by atoms with van der Waals surface area (Å²) in [5.41, 5.74) is 2.74. The van der Waals surface area contributed by atoms with E-state index < -0.39 is 10.0 Å². The van der Waals surface area contributed by atoms with E-state index in [0.717, 1.165) is 37.4 Å². The molecule has 3 rings (SSSR count). The first kappa shape index (κ1) is 18.7. The summed E-state index contributed by atoms with van der Waals surface area (Å²) < 4.78 is 27.6. The van der Waals surface area contributed by atoms with Gasteiger partial charge in [0.25, 0.3) is 10.0 Å². The quantitative estimate of drug-likeness (QED) is 0.873. The van der Waals surface area contributed by atoms with E-state index in [-0.39, 0.29) is 4.90 Å². The van der Waals surface area contributed by atoms with Gasteiger partial charge in [0, 0.05) is 43.6 Å². The second-order valence-electron chi connectivity index (χ2n) is 7.08. The highest BCUT2D eigenvalue weighted by molar-refractivity contribution is 7.92. The molecule has 1 fully saturated rings. The van der Waals surface area contributed by atoms with Crippen molar-refractivity contribution in [2.75, 3.05) is 35.8 Å². The van der Waals surface area contributed by atoms with E-state index in [1.807, 2.05) is 31.2 Å². The molecule has 5 nitrogen and oxygen atoms in total. The zero-order valence-electron chi connectivity index (χ0n) is 15.6. The van der Waals surface area contributed by atoms with Crippen LogP contribution >= 0.6 is 0 Å². The molecular weight excluding hydrogens is 346 g/mol. The van der Waals surface area contributed by atoms with Crippen molar-refractivity contribution < 1.29 is 8.42 Å². The average Bonchev–Trinajstić information content (AvgIpc) is 2.62. The highest BCUT2D eigenvalue weighted by Gasteiger charge is 2.19. The van der Waals surface area contributed by atoms with Gasteiger partial charge in [-0.1, -0.05) is 17.7 Å². The van der Waals surface area contributed by atoms with Crippen molar-refractivity contribution in [2.24, 2.45) is 0 Å². The molecule has 1 saturated heterocycles. The second kappa shape index (κ2) is 7.68. The number of anilines is 2. The third-order valence-electron chi connectivity index (χ3n) is 4.86. The van der Waals surface area contributed by atoms with Crippen molar-refractivity contribution >= 4 is 21.4 Å². The molecule has 0 atom stereocenters. The van der Waals surface area contributed by atoms with E-state index in [9.17, 15) is 8.42 Å². The third-order valence-corrected chi connectivity index (χ3v) is 6.26. The molecule has 0 saturated carbocycles. The van der Waals surface area contributed by atoms with Gasteiger partial charge in [0.05, 0.1) is 4.90 Å². The number of nitrogens with one attached hydrogen (secondary N) is 1. The Bertz CT molecular complexity index is 822. The molecule has 1 heterocycles. The Labute approximate surface area is 156 Å². The summed E-state index contributed by atoms with van der Waals surface area (Å²) in [6.45, 7) is 10.5. The Hall–Kier alpha value is -2.05. The summed E-state index contributed by atoms with van der Waals surface area (Å²) in [4.78, 5) is 5.09. The van der Waals surface area contributed by atoms with Gasteiger partial charge < -0.3 is 4.90 Å². The van der Waals surface area contributed by atoms with Crippen LogP contribution in [-0.2, 0) is 10.0 Å². The van der Waals surface area contributed by atoms with Crippen LogP contribution in [0.25, 0.3) is 0 Å². The fourth-order valence-electron chi connectivity index (χ4n) is 3.17. The van der Waals surface area contributed by atoms with Crippen LogP contribution in [0.5, 0.6) is 0 Å². The maximum absolute atomic E-state index is 12.5. The standard InChI is InChI=1S/C20H27N3O2S/c1-16(2)22-12-14-23(15-13-22)19-8-6-18(7-9-19)21-26(24,25)20-10-4-17(3)5-11-20/h4-11,16,21H,12-15H2,1-3H3. The first-order valence-electron chi connectivity index (χ1n) is 9.04. The number of piperazine rings is 1. The van der Waals surface area contributed by atoms with Gasteiger partial charge in [-0.05, 0) is 57.2 Å². The van der Waals surface area contributed by atoms with Crippen LogP contribution in [0.15, 0.2) is 53.4 Å². The largest absolute Gasteiger partial charge is 0.369 e. The van der Waals surface area contributed by atoms with Gasteiger partial charge in [0.2, 0.25) is 0 Å². The lowest BCUT2D eigenvalue weighted by atomic mass is 10.2. The van der Waals surface area contributed by atoms with Crippen LogP contribution in [0, 0.1) is 6.92 Å². The molecule has 26 heavy (non-hydrogen) atoms. The Morgan fingerprint density at radius 3 is 2.00 bits per heavy atom. The van der Waals surface area contributed by atoms with Gasteiger partial charge in [0.15, 0.2) is 0 Å². The van der Waals surface area contributed by atoms with Crippen molar-refractivity contribution in [3.8, 4) is 0 Å². The fraction of sp³-hybridized carbons (Fsp3) is 0.400. The molecule has 2 aromatic carbocycles. The third kappa shape index (κ3) is 4.37. The van der Waals surface area contributed by atoms with Crippen LogP contribution in [0.3, 0.4) is 0 Å². The maximum atomic E-state index is 12.5. The molecular formula is C20H27N3O2S. The minimum Gasteiger partial charge on any atom is -0.369 e. The average molecular weight is 374 g/mol. The van der Waals surface area contributed by atoms with Gasteiger partial charge in [-0.2, -0.15) is 0 Å². The Morgan fingerprint density at radius 2 is 1.46 bits per heavy atom. The Morgan fingerprint density at radius 1 is 0.885 bits per heavy atom. The summed E-state index contributed by atoms with van der Waals surface area (Å²) in [5.74, 6) is 0. The summed E-state index contributed by atoms with van der Waals surface area (Å²) in [6.07, 6.45) is 0. The van der Waals surface area contributed by atoms with Gasteiger partial charge in [-0.3, -0.25) is 9.62 Å². The zero-order valence-corrected chi connectivity index (χ0v) is 16.5. The normalized spacial score (nSPS) is 16.1. The van der Waals surface area contributed by atoms with E-state index >= 15 is 0 Å². The van der Waals surface area contributed by atoms with Gasteiger partial charge in [-0.25, -0.2) is 8.42 Å². The smallest absolute Gasteiger partial charge is 0.261 e. The van der Waals surface area contributed by atoms with Crippen LogP contribution in [-0.4, -0.2) is 45.5 Å². The van der Waals surface area contributed by atoms with Gasteiger partial charge in [0.1, 0.15) is 0 Å². The molecule has 1 aliphatic heterocycles. The summed E-state index contributed by atoms with van der Waals surface area (Å²) in [6, 6.07) is 15.1. The van der Waals surface area contributed by atoms with Crippen molar-refractivity contribution in [1.82, 2.24) is 4.90 Å². The summed E-state index contributed by atoms with van der Waals surface area (Å²) in [5, 5.41) is 0. The minimum absolute atomic E-state index is 0.275. The number of benzene rings is 2. The molecule has 0 amide bonds. The van der Waals surface area contributed by atoms with Crippen LogP contribution in [0.2, 0.25) is 0 Å². The summed E-state index contributed by atoms with van der Waals surface area (Å²) in [7, 11) is -3.55. The molecule has 0 bridgehead atoms. The minimum atomic E-state index is -3.55. The van der Waals surface area contributed by atoms with Crippen LogP contribution in [0.1, 0.15) is 19.4 Å². The number of nitrogens with zero attached hydrogens (tertiary/aromatic N) is 2. The van der Waals surface area contributed by atoms with Crippen LogP contribution in [0.4, 0.5) is 11.4 Å². The molecule has 1 aliphatic rings. The highest BCUT2D eigenvalue weighted by Crippen LogP contribution is 2.22. The van der Waals surface area contributed by atoms with E-state index in [2.05, 4.69) is 28.4 Å². The topological polar surface area (TPSA) is 52.7 Å². The van der Waals surface area contributed by atoms with E-state index in [4.69, 9.17) is 0 Å². The highest BCUT2D eigenvalue weighted by atomic mass is 32.2. The molecule has 0 aliphatic carbocycles. The molecule has 0 spiro atoms. The maximum Gasteiger partial charge on any atom is 0.261 e. The number of rotatable bonds is 5. The lowest BCUT2D eigenvalue weighted by molar-refractivity contribution is 0.209. The van der Waals surface area contributed by atoms with Crippen molar-refractivity contribution in [3.63, 3.8) is 0 Å². The van der Waals surface area contributed by atoms with Crippen molar-refractivity contribution in [3.05, 3.63) is 54.1 Å². The molecule has 0 unspecified atom stereocenters. The molecule has 0 aromatic heterocycles. The predicted octanol–water partition coefficient (Wildman–Crippen LogP) is 3.33. The molecule has 2 aromatic rings. The van der Waals surface area contributed by atoms with E-state index in [1.165, 1.54) is 0 Å². The zero-order chi connectivity index (χ0) is 18.7. The first-order valence-corrected chi connectivity index (χ1v) is 10.5. The SMILES string of the molecule is Cc1ccc(S(=O)(=O)Nc2ccc(N3CCN(C(C)C)CC3)cc2)cc1. The lowest BCUT2D eigenvalue weighted by Crippen LogP contribution is -2.48. The second-order valence-corrected chi connectivity index (χ2v) is 8.76. The number of sulfonamides is 1. The van der Waals surface area contributed by atoms with E-state index in [1.54, 1.807) is 24.3 Å².